The molecule has 4 nitrogen and oxygen atoms in total. The summed E-state index contributed by atoms with van der Waals surface area (Å²) in [6, 6.07) is 6.88. The molecule has 1 amide bonds. The molecular formula is C13H10BrNO3S. The second kappa shape index (κ2) is 5.54. The highest BCUT2D eigenvalue weighted by atomic mass is 79.9. The van der Waals surface area contributed by atoms with E-state index in [1.165, 1.54) is 17.4 Å². The van der Waals surface area contributed by atoms with Crippen LogP contribution in [0.4, 0.5) is 5.00 Å². The normalized spacial score (nSPS) is 10.2. The smallest absolute Gasteiger partial charge is 0.338 e. The van der Waals surface area contributed by atoms with Crippen molar-refractivity contribution in [3.8, 4) is 0 Å². The van der Waals surface area contributed by atoms with Gasteiger partial charge in [-0.05, 0) is 46.4 Å². The molecule has 1 heterocycles. The third-order valence-electron chi connectivity index (χ3n) is 2.49. The van der Waals surface area contributed by atoms with Gasteiger partial charge in [-0.2, -0.15) is 0 Å². The fourth-order valence-corrected chi connectivity index (χ4v) is 2.76. The zero-order chi connectivity index (χ0) is 14.0. The van der Waals surface area contributed by atoms with Gasteiger partial charge in [0.2, 0.25) is 0 Å². The molecule has 2 N–H and O–H groups in total. The Morgan fingerprint density at radius 3 is 2.68 bits per heavy atom. The van der Waals surface area contributed by atoms with E-state index in [0.29, 0.717) is 15.0 Å². The average Bonchev–Trinajstić information content (AvgIpc) is 2.80. The highest BCUT2D eigenvalue weighted by Crippen LogP contribution is 2.25. The minimum Gasteiger partial charge on any atom is -0.478 e. The maximum atomic E-state index is 12.1. The lowest BCUT2D eigenvalue weighted by Crippen LogP contribution is -2.14. The van der Waals surface area contributed by atoms with E-state index >= 15 is 0 Å². The number of hydrogen-bond donors (Lipinski definition) is 2. The summed E-state index contributed by atoms with van der Waals surface area (Å²) in [6.45, 7) is 1.89. The third-order valence-corrected chi connectivity index (χ3v) is 4.01. The molecule has 0 atom stereocenters. The van der Waals surface area contributed by atoms with Crippen molar-refractivity contribution in [2.75, 3.05) is 5.32 Å². The van der Waals surface area contributed by atoms with Crippen molar-refractivity contribution in [3.05, 3.63) is 50.8 Å². The third kappa shape index (κ3) is 3.02. The lowest BCUT2D eigenvalue weighted by atomic mass is 10.1. The molecule has 2 aromatic rings. The Labute approximate surface area is 122 Å². The largest absolute Gasteiger partial charge is 0.478 e. The van der Waals surface area contributed by atoms with Gasteiger partial charge in [0, 0.05) is 4.47 Å². The number of nitrogens with one attached hydrogen (secondary N) is 1. The Kier molecular flexibility index (Phi) is 4.01. The number of hydrogen-bond acceptors (Lipinski definition) is 3. The van der Waals surface area contributed by atoms with Gasteiger partial charge in [0.1, 0.15) is 5.00 Å². The van der Waals surface area contributed by atoms with Crippen molar-refractivity contribution in [2.24, 2.45) is 0 Å². The number of carbonyl (C=O) groups excluding carboxylic acids is 1. The van der Waals surface area contributed by atoms with Crippen molar-refractivity contribution < 1.29 is 14.7 Å². The molecule has 0 bridgehead atoms. The van der Waals surface area contributed by atoms with Crippen molar-refractivity contribution in [2.45, 2.75) is 6.92 Å². The lowest BCUT2D eigenvalue weighted by molar-refractivity contribution is 0.0698. The van der Waals surface area contributed by atoms with Gasteiger partial charge in [0.05, 0.1) is 11.1 Å². The summed E-state index contributed by atoms with van der Waals surface area (Å²) >= 11 is 4.49. The van der Waals surface area contributed by atoms with Crippen LogP contribution in [-0.4, -0.2) is 17.0 Å². The van der Waals surface area contributed by atoms with Crippen molar-refractivity contribution in [1.29, 1.82) is 0 Å². The molecule has 0 unspecified atom stereocenters. The summed E-state index contributed by atoms with van der Waals surface area (Å²) in [5.41, 5.74) is 1.53. The number of carbonyl (C=O) groups is 2. The second-order valence-electron chi connectivity index (χ2n) is 3.91. The molecule has 98 valence electrons. The first kappa shape index (κ1) is 13.8. The van der Waals surface area contributed by atoms with Gasteiger partial charge < -0.3 is 10.4 Å². The van der Waals surface area contributed by atoms with E-state index in [1.807, 2.05) is 13.0 Å². The Hall–Kier alpha value is -1.66. The van der Waals surface area contributed by atoms with E-state index in [9.17, 15) is 9.59 Å². The van der Waals surface area contributed by atoms with Crippen LogP contribution in [0.25, 0.3) is 0 Å². The van der Waals surface area contributed by atoms with Crippen LogP contribution in [-0.2, 0) is 0 Å². The van der Waals surface area contributed by atoms with Gasteiger partial charge in [-0.25, -0.2) is 4.79 Å². The van der Waals surface area contributed by atoms with Crippen LogP contribution in [0.3, 0.4) is 0 Å². The molecule has 0 aliphatic heterocycles. The Morgan fingerprint density at radius 2 is 2.00 bits per heavy atom. The van der Waals surface area contributed by atoms with Gasteiger partial charge in [0.15, 0.2) is 0 Å². The van der Waals surface area contributed by atoms with E-state index in [0.717, 1.165) is 5.56 Å². The van der Waals surface area contributed by atoms with Gasteiger partial charge in [0.25, 0.3) is 5.91 Å². The van der Waals surface area contributed by atoms with Crippen LogP contribution in [0.5, 0.6) is 0 Å². The number of amides is 1. The number of aromatic carboxylic acids is 1. The number of aryl methyl sites for hydroxylation is 1. The van der Waals surface area contributed by atoms with Gasteiger partial charge >= 0.3 is 5.97 Å². The van der Waals surface area contributed by atoms with E-state index in [1.54, 1.807) is 17.5 Å². The van der Waals surface area contributed by atoms with Gasteiger partial charge in [-0.1, -0.05) is 11.6 Å². The summed E-state index contributed by atoms with van der Waals surface area (Å²) in [6.07, 6.45) is 0. The van der Waals surface area contributed by atoms with Crippen LogP contribution in [0, 0.1) is 6.92 Å². The molecule has 0 fully saturated rings. The number of carboxylic acid groups (broad SMARTS) is 1. The summed E-state index contributed by atoms with van der Waals surface area (Å²) < 4.78 is 0.670. The van der Waals surface area contributed by atoms with E-state index in [-0.39, 0.29) is 11.5 Å². The van der Waals surface area contributed by atoms with Crippen molar-refractivity contribution in [3.63, 3.8) is 0 Å². The number of thiophene rings is 1. The number of halogens is 1. The Balaban J connectivity index is 2.28. The summed E-state index contributed by atoms with van der Waals surface area (Å²) in [5.74, 6) is -1.39. The topological polar surface area (TPSA) is 66.4 Å². The second-order valence-corrected chi connectivity index (χ2v) is 5.68. The Bertz CT molecular complexity index is 651. The van der Waals surface area contributed by atoms with Crippen molar-refractivity contribution >= 4 is 44.1 Å². The average molecular weight is 340 g/mol. The number of benzene rings is 1. The molecule has 0 aliphatic rings. The fraction of sp³-hybridized carbons (Fsp3) is 0.0769. The minimum absolute atomic E-state index is 0.0992. The monoisotopic (exact) mass is 339 g/mol. The van der Waals surface area contributed by atoms with Crippen LogP contribution in [0.15, 0.2) is 34.1 Å². The first-order chi connectivity index (χ1) is 8.99. The molecule has 0 saturated heterocycles. The molecular weight excluding hydrogens is 330 g/mol. The Morgan fingerprint density at radius 1 is 1.26 bits per heavy atom. The number of rotatable bonds is 3. The highest BCUT2D eigenvalue weighted by molar-refractivity contribution is 9.10. The molecule has 0 radical (unpaired) electrons. The highest BCUT2D eigenvalue weighted by Gasteiger charge is 2.16. The molecule has 2 rings (SSSR count). The standard InChI is InChI=1S/C13H10BrNO3S/c1-7-2-3-10(14)9(6-7)11(16)15-12-8(13(17)18)4-5-19-12/h2-6H,1H3,(H,15,16)(H,17,18). The van der Waals surface area contributed by atoms with E-state index in [4.69, 9.17) is 5.11 Å². The fourth-order valence-electron chi connectivity index (χ4n) is 1.56. The number of anilines is 1. The minimum atomic E-state index is -1.06. The maximum Gasteiger partial charge on any atom is 0.338 e. The molecule has 1 aromatic carbocycles. The zero-order valence-electron chi connectivity index (χ0n) is 9.94. The van der Waals surface area contributed by atoms with Crippen LogP contribution < -0.4 is 5.32 Å². The number of carboxylic acids is 1. The predicted molar refractivity (Wildman–Crippen MR) is 78.1 cm³/mol. The molecule has 0 saturated carbocycles. The molecule has 6 heteroatoms. The van der Waals surface area contributed by atoms with E-state index < -0.39 is 5.97 Å². The quantitative estimate of drug-likeness (QED) is 0.894. The maximum absolute atomic E-state index is 12.1. The van der Waals surface area contributed by atoms with Crippen LogP contribution in [0.2, 0.25) is 0 Å². The van der Waals surface area contributed by atoms with Crippen LogP contribution >= 0.6 is 27.3 Å². The molecule has 19 heavy (non-hydrogen) atoms. The predicted octanol–water partition coefficient (Wildman–Crippen LogP) is 3.77. The summed E-state index contributed by atoms with van der Waals surface area (Å²) in [5, 5.41) is 13.6. The van der Waals surface area contributed by atoms with Gasteiger partial charge in [-0.15, -0.1) is 11.3 Å². The first-order valence-electron chi connectivity index (χ1n) is 5.37. The summed E-state index contributed by atoms with van der Waals surface area (Å²) in [7, 11) is 0. The molecule has 1 aromatic heterocycles. The zero-order valence-corrected chi connectivity index (χ0v) is 12.3. The molecule has 0 spiro atoms. The summed E-state index contributed by atoms with van der Waals surface area (Å²) in [4.78, 5) is 23.1. The lowest BCUT2D eigenvalue weighted by Gasteiger charge is -2.07. The molecule has 0 aliphatic carbocycles. The van der Waals surface area contributed by atoms with Crippen molar-refractivity contribution in [1.82, 2.24) is 0 Å². The van der Waals surface area contributed by atoms with E-state index in [2.05, 4.69) is 21.2 Å². The SMILES string of the molecule is Cc1ccc(Br)c(C(=O)Nc2sccc2C(=O)O)c1. The van der Waals surface area contributed by atoms with Gasteiger partial charge in [-0.3, -0.25) is 4.79 Å². The first-order valence-corrected chi connectivity index (χ1v) is 7.04. The van der Waals surface area contributed by atoms with Crippen LogP contribution in [0.1, 0.15) is 26.3 Å².